The highest BCUT2D eigenvalue weighted by molar-refractivity contribution is 5.73. The molecule has 0 unspecified atom stereocenters. The topological polar surface area (TPSA) is 75.3 Å². The van der Waals surface area contributed by atoms with Crippen LogP contribution in [-0.2, 0) is 35.1 Å². The molecule has 0 aromatic heterocycles. The molecule has 2 fully saturated rings. The highest BCUT2D eigenvalue weighted by atomic mass is 16.7. The van der Waals surface area contributed by atoms with Gasteiger partial charge in [-0.3, -0.25) is 4.79 Å². The number of carbonyl (C=O) groups excluding carboxylic acids is 1. The van der Waals surface area contributed by atoms with Crippen LogP contribution < -0.4 is 5.32 Å². The van der Waals surface area contributed by atoms with Crippen molar-refractivity contribution in [3.05, 3.63) is 71.8 Å². The van der Waals surface area contributed by atoms with E-state index in [9.17, 15) is 4.79 Å². The average Bonchev–Trinajstić information content (AvgIpc) is 2.82. The van der Waals surface area contributed by atoms with Crippen LogP contribution in [0, 0.1) is 12.3 Å². The summed E-state index contributed by atoms with van der Waals surface area (Å²) in [4.78, 5) is 12.0. The number of hydrogen-bond donors (Lipinski definition) is 1. The molecule has 2 aromatic carbocycles. The maximum atomic E-state index is 12.0. The number of ether oxygens (including phenoxy) is 5. The van der Waals surface area contributed by atoms with Gasteiger partial charge in [-0.25, -0.2) is 0 Å². The van der Waals surface area contributed by atoms with Crippen LogP contribution in [0.1, 0.15) is 24.3 Å². The van der Waals surface area contributed by atoms with Crippen molar-refractivity contribution in [1.82, 2.24) is 5.32 Å². The van der Waals surface area contributed by atoms with Crippen LogP contribution in [-0.4, -0.2) is 49.8 Å². The predicted molar refractivity (Wildman–Crippen MR) is 116 cm³/mol. The predicted octanol–water partition coefficient (Wildman–Crippen LogP) is 2.57. The van der Waals surface area contributed by atoms with Gasteiger partial charge in [-0.1, -0.05) is 66.6 Å². The molecule has 2 saturated heterocycles. The zero-order chi connectivity index (χ0) is 22.3. The summed E-state index contributed by atoms with van der Waals surface area (Å²) in [7, 11) is 0. The van der Waals surface area contributed by atoms with E-state index < -0.39 is 36.9 Å². The molecular formula is C25H27NO6. The summed E-state index contributed by atoms with van der Waals surface area (Å²) in [5.74, 6) is 2.27. The normalized spacial score (nSPS) is 29.5. The average molecular weight is 437 g/mol. The van der Waals surface area contributed by atoms with E-state index in [1.807, 2.05) is 60.7 Å². The monoisotopic (exact) mass is 437 g/mol. The van der Waals surface area contributed by atoms with Gasteiger partial charge in [0, 0.05) is 12.5 Å². The molecule has 7 heteroatoms. The Labute approximate surface area is 187 Å². The molecule has 0 saturated carbocycles. The molecular weight excluding hydrogens is 410 g/mol. The molecule has 2 aliphatic heterocycles. The zero-order valence-corrected chi connectivity index (χ0v) is 17.9. The van der Waals surface area contributed by atoms with E-state index in [-0.39, 0.29) is 19.1 Å². The molecule has 1 amide bonds. The van der Waals surface area contributed by atoms with Crippen LogP contribution in [0.25, 0.3) is 0 Å². The van der Waals surface area contributed by atoms with Crippen LogP contribution in [0.5, 0.6) is 0 Å². The Hall–Kier alpha value is -2.73. The summed E-state index contributed by atoms with van der Waals surface area (Å²) in [5, 5.41) is 2.91. The Bertz CT molecular complexity index is 915. The fraction of sp³-hybridized carbons (Fsp3) is 0.400. The van der Waals surface area contributed by atoms with Crippen molar-refractivity contribution in [2.24, 2.45) is 0 Å². The standard InChI is InChI=1S/C25H27NO6/c1-3-14-28-23-21(26-17(2)27)25(29-15-18-10-6-4-7-11-18)31-20-16-30-24(32-22(20)23)19-12-8-5-9-13-19/h1,4-13,20-25H,14-16H2,2H3,(H,26,27)/t20-,21+,22-,23+,24-,25-/m1/s1. The first kappa shape index (κ1) is 22.5. The third kappa shape index (κ3) is 5.36. The molecule has 7 nitrogen and oxygen atoms in total. The third-order valence-electron chi connectivity index (χ3n) is 5.40. The molecule has 2 heterocycles. The third-order valence-corrected chi connectivity index (χ3v) is 5.40. The second-order valence-electron chi connectivity index (χ2n) is 7.72. The summed E-state index contributed by atoms with van der Waals surface area (Å²) in [6, 6.07) is 18.8. The first-order chi connectivity index (χ1) is 15.7. The van der Waals surface area contributed by atoms with Gasteiger partial charge in [0.05, 0.1) is 13.2 Å². The number of carbonyl (C=O) groups is 1. The molecule has 0 aliphatic carbocycles. The molecule has 168 valence electrons. The van der Waals surface area contributed by atoms with Crippen LogP contribution in [0.4, 0.5) is 0 Å². The largest absolute Gasteiger partial charge is 0.360 e. The second kappa shape index (κ2) is 10.7. The fourth-order valence-electron chi connectivity index (χ4n) is 3.98. The summed E-state index contributed by atoms with van der Waals surface area (Å²) < 4.78 is 30.5. The van der Waals surface area contributed by atoms with Crippen molar-refractivity contribution in [2.75, 3.05) is 13.2 Å². The van der Waals surface area contributed by atoms with Crippen molar-refractivity contribution in [3.63, 3.8) is 0 Å². The number of nitrogens with one attached hydrogen (secondary N) is 1. The molecule has 2 aromatic rings. The molecule has 1 N–H and O–H groups in total. The van der Waals surface area contributed by atoms with E-state index in [0.717, 1.165) is 11.1 Å². The molecule has 4 rings (SSSR count). The van der Waals surface area contributed by atoms with Crippen molar-refractivity contribution in [3.8, 4) is 12.3 Å². The highest BCUT2D eigenvalue weighted by Gasteiger charge is 2.51. The number of rotatable bonds is 7. The quantitative estimate of drug-likeness (QED) is 0.671. The first-order valence-electron chi connectivity index (χ1n) is 10.6. The van der Waals surface area contributed by atoms with E-state index in [1.165, 1.54) is 6.92 Å². The molecule has 32 heavy (non-hydrogen) atoms. The number of fused-ring (bicyclic) bond motifs is 1. The van der Waals surface area contributed by atoms with Gasteiger partial charge in [0.1, 0.15) is 31.0 Å². The molecule has 0 bridgehead atoms. The van der Waals surface area contributed by atoms with Crippen LogP contribution in [0.3, 0.4) is 0 Å². The van der Waals surface area contributed by atoms with Gasteiger partial charge in [-0.15, -0.1) is 6.42 Å². The minimum Gasteiger partial charge on any atom is -0.360 e. The van der Waals surface area contributed by atoms with E-state index in [2.05, 4.69) is 11.2 Å². The Morgan fingerprint density at radius 2 is 1.81 bits per heavy atom. The van der Waals surface area contributed by atoms with Crippen molar-refractivity contribution < 1.29 is 28.5 Å². The lowest BCUT2D eigenvalue weighted by molar-refractivity contribution is -0.348. The fourth-order valence-corrected chi connectivity index (χ4v) is 3.98. The lowest BCUT2D eigenvalue weighted by atomic mass is 9.95. The number of hydrogen-bond acceptors (Lipinski definition) is 6. The lowest BCUT2D eigenvalue weighted by Crippen LogP contribution is -2.67. The summed E-state index contributed by atoms with van der Waals surface area (Å²) in [6.45, 7) is 2.11. The minimum absolute atomic E-state index is 0.0651. The van der Waals surface area contributed by atoms with Crippen LogP contribution in [0.15, 0.2) is 60.7 Å². The Balaban J connectivity index is 1.55. The maximum absolute atomic E-state index is 12.0. The molecule has 0 spiro atoms. The van der Waals surface area contributed by atoms with E-state index in [4.69, 9.17) is 30.1 Å². The summed E-state index contributed by atoms with van der Waals surface area (Å²) in [6.07, 6.45) is 2.60. The molecule has 2 aliphatic rings. The smallest absolute Gasteiger partial charge is 0.217 e. The summed E-state index contributed by atoms with van der Waals surface area (Å²) in [5.41, 5.74) is 1.88. The summed E-state index contributed by atoms with van der Waals surface area (Å²) >= 11 is 0. The van der Waals surface area contributed by atoms with E-state index in [0.29, 0.717) is 6.61 Å². The molecule has 6 atom stereocenters. The SMILES string of the molecule is C#CCO[C@H]1[C@H](NC(C)=O)[C@H](OCc2ccccc2)O[C@@H]2CO[C@@H](c3ccccc3)O[C@@H]12. The van der Waals surface area contributed by atoms with Gasteiger partial charge in [0.2, 0.25) is 5.91 Å². The maximum Gasteiger partial charge on any atom is 0.217 e. The number of terminal acetylenes is 1. The number of benzene rings is 2. The zero-order valence-electron chi connectivity index (χ0n) is 17.9. The Morgan fingerprint density at radius 1 is 1.09 bits per heavy atom. The second-order valence-corrected chi connectivity index (χ2v) is 7.72. The Morgan fingerprint density at radius 3 is 2.50 bits per heavy atom. The molecule has 0 radical (unpaired) electrons. The van der Waals surface area contributed by atoms with Gasteiger partial charge in [0.15, 0.2) is 12.6 Å². The van der Waals surface area contributed by atoms with Crippen LogP contribution >= 0.6 is 0 Å². The van der Waals surface area contributed by atoms with Gasteiger partial charge in [-0.2, -0.15) is 0 Å². The van der Waals surface area contributed by atoms with Crippen molar-refractivity contribution in [1.29, 1.82) is 0 Å². The van der Waals surface area contributed by atoms with Gasteiger partial charge >= 0.3 is 0 Å². The van der Waals surface area contributed by atoms with Gasteiger partial charge < -0.3 is 29.0 Å². The Kier molecular flexibility index (Phi) is 7.53. The number of amides is 1. The van der Waals surface area contributed by atoms with E-state index >= 15 is 0 Å². The van der Waals surface area contributed by atoms with E-state index in [1.54, 1.807) is 0 Å². The van der Waals surface area contributed by atoms with Crippen LogP contribution in [0.2, 0.25) is 0 Å². The first-order valence-corrected chi connectivity index (χ1v) is 10.6. The van der Waals surface area contributed by atoms with Crippen molar-refractivity contribution in [2.45, 2.75) is 50.5 Å². The lowest BCUT2D eigenvalue weighted by Gasteiger charge is -2.49. The van der Waals surface area contributed by atoms with Crippen molar-refractivity contribution >= 4 is 5.91 Å². The van der Waals surface area contributed by atoms with Gasteiger partial charge in [0.25, 0.3) is 0 Å². The minimum atomic E-state index is -0.761. The highest BCUT2D eigenvalue weighted by Crippen LogP contribution is 2.35. The van der Waals surface area contributed by atoms with Gasteiger partial charge in [-0.05, 0) is 5.56 Å².